The fourth-order valence-electron chi connectivity index (χ4n) is 3.55. The highest BCUT2D eigenvalue weighted by atomic mass is 19.1. The van der Waals surface area contributed by atoms with Crippen molar-refractivity contribution in [3.8, 4) is 5.69 Å². The van der Waals surface area contributed by atoms with Crippen molar-refractivity contribution in [2.24, 2.45) is 0 Å². The zero-order chi connectivity index (χ0) is 22.6. The van der Waals surface area contributed by atoms with Crippen LogP contribution in [0.25, 0.3) is 27.5 Å². The monoisotopic (exact) mass is 369 g/mol. The van der Waals surface area contributed by atoms with Crippen LogP contribution in [0.15, 0.2) is 42.5 Å². The van der Waals surface area contributed by atoms with E-state index in [2.05, 4.69) is 10.2 Å². The Labute approximate surface area is 161 Å². The zero-order valence-corrected chi connectivity index (χ0v) is 14.9. The predicted octanol–water partition coefficient (Wildman–Crippen LogP) is 4.79. The molecule has 2 N–H and O–H groups in total. The Hall–Kier alpha value is -3.15. The molecule has 0 aliphatic carbocycles. The minimum atomic E-state index is -1.20. The third-order valence-corrected chi connectivity index (χ3v) is 4.61. The molecule has 0 saturated carbocycles. The van der Waals surface area contributed by atoms with Crippen molar-refractivity contribution in [1.82, 2.24) is 14.8 Å². The second-order valence-electron chi connectivity index (χ2n) is 6.74. The smallest absolute Gasteiger partial charge is 0.303 e. The number of nitrogens with zero attached hydrogens (tertiary/aromatic N) is 2. The molecule has 0 aliphatic rings. The molecule has 0 bridgehead atoms. The van der Waals surface area contributed by atoms with Crippen LogP contribution in [0.3, 0.4) is 0 Å². The molecule has 4 aromatic rings. The van der Waals surface area contributed by atoms with Gasteiger partial charge < -0.3 is 9.67 Å². The number of H-pyrrole nitrogens is 1. The molecule has 0 atom stereocenters. The summed E-state index contributed by atoms with van der Waals surface area (Å²) < 4.78 is 48.4. The third-order valence-electron chi connectivity index (χ3n) is 4.61. The first-order chi connectivity index (χ1) is 14.6. The van der Waals surface area contributed by atoms with Gasteiger partial charge in [-0.05, 0) is 54.2 Å². The number of aromatic amines is 1. The van der Waals surface area contributed by atoms with Gasteiger partial charge in [-0.15, -0.1) is 0 Å². The Morgan fingerprint density at radius 3 is 2.74 bits per heavy atom. The van der Waals surface area contributed by atoms with Crippen LogP contribution in [0, 0.1) is 5.82 Å². The molecule has 27 heavy (non-hydrogen) atoms. The van der Waals surface area contributed by atoms with Gasteiger partial charge in [0.15, 0.2) is 0 Å². The molecule has 4 rings (SSSR count). The summed E-state index contributed by atoms with van der Waals surface area (Å²) in [6.45, 7) is 3.81. The number of nitrogens with one attached hydrogen (secondary N) is 1. The predicted molar refractivity (Wildman–Crippen MR) is 103 cm³/mol. The number of fused-ring (bicyclic) bond motifs is 2. The van der Waals surface area contributed by atoms with Gasteiger partial charge in [0.05, 0.1) is 22.7 Å². The van der Waals surface area contributed by atoms with E-state index in [1.54, 1.807) is 16.8 Å². The van der Waals surface area contributed by atoms with Crippen LogP contribution in [-0.2, 0) is 11.2 Å². The summed E-state index contributed by atoms with van der Waals surface area (Å²) in [4.78, 5) is 11.3. The first kappa shape index (κ1) is 13.1. The lowest BCUT2D eigenvalue weighted by Crippen LogP contribution is -2.06. The fraction of sp³-hybridized carbons (Fsp3) is 0.238. The second kappa shape index (κ2) is 6.54. The van der Waals surface area contributed by atoms with Crippen LogP contribution in [0.5, 0.6) is 0 Å². The van der Waals surface area contributed by atoms with Crippen LogP contribution >= 0.6 is 0 Å². The summed E-state index contributed by atoms with van der Waals surface area (Å²) in [7, 11) is 0. The molecule has 0 amide bonds. The second-order valence-corrected chi connectivity index (χ2v) is 6.74. The number of aliphatic carboxylic acids is 1. The molecular formula is C21H20FN3O2. The van der Waals surface area contributed by atoms with E-state index in [0.29, 0.717) is 11.2 Å². The molecular weight excluding hydrogens is 345 g/mol. The molecule has 0 aliphatic heterocycles. The van der Waals surface area contributed by atoms with Crippen LogP contribution in [-0.4, -0.2) is 25.8 Å². The number of carboxylic acid groups (broad SMARTS) is 1. The average Bonchev–Trinajstić information content (AvgIpc) is 3.30. The van der Waals surface area contributed by atoms with Gasteiger partial charge >= 0.3 is 5.97 Å². The topological polar surface area (TPSA) is 70.9 Å². The van der Waals surface area contributed by atoms with Crippen LogP contribution in [0.1, 0.15) is 42.9 Å². The van der Waals surface area contributed by atoms with Crippen molar-refractivity contribution in [2.75, 3.05) is 0 Å². The van der Waals surface area contributed by atoms with Crippen LogP contribution in [0.4, 0.5) is 4.39 Å². The van der Waals surface area contributed by atoms with E-state index in [-0.39, 0.29) is 24.4 Å². The number of hydrogen-bond donors (Lipinski definition) is 2. The van der Waals surface area contributed by atoms with Crippen molar-refractivity contribution in [1.29, 1.82) is 0 Å². The van der Waals surface area contributed by atoms with Crippen molar-refractivity contribution in [3.63, 3.8) is 0 Å². The van der Waals surface area contributed by atoms with Gasteiger partial charge in [0.25, 0.3) is 0 Å². The lowest BCUT2D eigenvalue weighted by atomic mass is 9.99. The Kier molecular flexibility index (Phi) is 3.17. The van der Waals surface area contributed by atoms with Gasteiger partial charge in [-0.3, -0.25) is 9.89 Å². The van der Waals surface area contributed by atoms with E-state index in [9.17, 15) is 14.3 Å². The highest BCUT2D eigenvalue weighted by molar-refractivity contribution is 5.98. The van der Waals surface area contributed by atoms with Crippen LogP contribution < -0.4 is 0 Å². The number of halogens is 1. The summed E-state index contributed by atoms with van der Waals surface area (Å²) in [6, 6.07) is 1.17. The number of benzene rings is 2. The molecule has 2 heterocycles. The number of rotatable bonds is 5. The lowest BCUT2D eigenvalue weighted by molar-refractivity contribution is -0.136. The first-order valence-corrected chi connectivity index (χ1v) is 8.61. The van der Waals surface area contributed by atoms with E-state index in [0.717, 1.165) is 21.9 Å². The molecule has 0 unspecified atom stereocenters. The normalized spacial score (nSPS) is 13.8. The lowest BCUT2D eigenvalue weighted by Gasteiger charge is -2.15. The minimum absolute atomic E-state index is 0.0606. The molecule has 138 valence electrons. The summed E-state index contributed by atoms with van der Waals surface area (Å²) in [5, 5.41) is 17.7. The number of carbonyl (C=O) groups is 1. The van der Waals surface area contributed by atoms with Gasteiger partial charge in [-0.2, -0.15) is 5.10 Å². The highest BCUT2D eigenvalue weighted by Gasteiger charge is 2.22. The maximum absolute atomic E-state index is 14.2. The van der Waals surface area contributed by atoms with E-state index < -0.39 is 36.0 Å². The Balaban J connectivity index is 2.19. The molecule has 0 saturated heterocycles. The van der Waals surface area contributed by atoms with Crippen molar-refractivity contribution in [2.45, 2.75) is 32.6 Å². The van der Waals surface area contributed by atoms with Gasteiger partial charge in [0, 0.05) is 28.6 Å². The highest BCUT2D eigenvalue weighted by Crippen LogP contribution is 2.36. The minimum Gasteiger partial charge on any atom is -0.481 e. The first-order valence-electron chi connectivity index (χ1n) is 10.6. The summed E-state index contributed by atoms with van der Waals surface area (Å²) in [5.41, 5.74) is 2.68. The third kappa shape index (κ3) is 2.97. The molecule has 6 heteroatoms. The molecule has 2 aromatic heterocycles. The van der Waals surface area contributed by atoms with Crippen LogP contribution in [0.2, 0.25) is 0 Å². The zero-order valence-electron chi connectivity index (χ0n) is 18.9. The Morgan fingerprint density at radius 2 is 2.07 bits per heavy atom. The number of hydrogen-bond acceptors (Lipinski definition) is 2. The summed E-state index contributed by atoms with van der Waals surface area (Å²) >= 11 is 0. The van der Waals surface area contributed by atoms with Gasteiger partial charge in [-0.25, -0.2) is 4.39 Å². The van der Waals surface area contributed by atoms with Gasteiger partial charge in [0.2, 0.25) is 0 Å². The van der Waals surface area contributed by atoms with Gasteiger partial charge in [0.1, 0.15) is 5.82 Å². The Bertz CT molecular complexity index is 1330. The molecule has 5 nitrogen and oxygen atoms in total. The SMILES string of the molecule is [2H]c1c([2H])c(-n2c(C(C)C)c(CCC(=O)O)c3cc4[nH]ncc4cc32)c([2H])c([2H])c1F. The van der Waals surface area contributed by atoms with E-state index in [1.807, 2.05) is 19.9 Å². The average molecular weight is 369 g/mol. The number of aryl methyl sites for hydroxylation is 1. The van der Waals surface area contributed by atoms with Crippen molar-refractivity contribution < 1.29 is 19.8 Å². The largest absolute Gasteiger partial charge is 0.481 e. The van der Waals surface area contributed by atoms with E-state index >= 15 is 0 Å². The van der Waals surface area contributed by atoms with E-state index in [1.165, 1.54) is 0 Å². The number of carboxylic acids is 1. The fourth-order valence-corrected chi connectivity index (χ4v) is 3.55. The van der Waals surface area contributed by atoms with Gasteiger partial charge in [-0.1, -0.05) is 13.8 Å². The maximum Gasteiger partial charge on any atom is 0.303 e. The molecule has 0 radical (unpaired) electrons. The van der Waals surface area contributed by atoms with E-state index in [4.69, 9.17) is 5.48 Å². The molecule has 0 fully saturated rings. The molecule has 0 spiro atoms. The van der Waals surface area contributed by atoms with Crippen molar-refractivity contribution in [3.05, 3.63) is 59.6 Å². The quantitative estimate of drug-likeness (QED) is 0.531. The van der Waals surface area contributed by atoms with Crippen molar-refractivity contribution >= 4 is 27.8 Å². The Morgan fingerprint density at radius 1 is 1.33 bits per heavy atom. The standard InChI is InChI=1S/C21H20FN3O2/c1-12(2)21-16(7-8-20(26)27)17-10-18-13(11-23-24-18)9-19(17)25(21)15-5-3-14(22)4-6-15/h3-6,9-12H,7-8H2,1-2H3,(H,23,24)(H,26,27)/i3D,4D,5D,6D. The summed E-state index contributed by atoms with van der Waals surface area (Å²) in [6.07, 6.45) is 1.73. The number of aromatic nitrogens is 3. The maximum atomic E-state index is 14.2. The molecule has 2 aromatic carbocycles. The summed E-state index contributed by atoms with van der Waals surface area (Å²) in [5.74, 6) is -2.30.